The summed E-state index contributed by atoms with van der Waals surface area (Å²) in [6, 6.07) is 0. The normalized spacial score (nSPS) is 17.1. The first-order valence-corrected chi connectivity index (χ1v) is 6.62. The molecule has 2 aromatic heterocycles. The number of H-pyrrole nitrogens is 1. The van der Waals surface area contributed by atoms with E-state index in [0.717, 1.165) is 31.9 Å². The van der Waals surface area contributed by atoms with E-state index in [4.69, 9.17) is 0 Å². The monoisotopic (exact) mass is 245 g/mol. The van der Waals surface area contributed by atoms with Gasteiger partial charge in [0.15, 0.2) is 0 Å². The molecule has 5 nitrogen and oxygen atoms in total. The van der Waals surface area contributed by atoms with Gasteiger partial charge in [0.05, 0.1) is 6.33 Å². The third kappa shape index (κ3) is 2.46. The first-order valence-electron chi connectivity index (χ1n) is 6.62. The molecule has 1 fully saturated rings. The molecular formula is C13H19N5. The van der Waals surface area contributed by atoms with Crippen molar-refractivity contribution in [3.63, 3.8) is 0 Å². The van der Waals surface area contributed by atoms with Gasteiger partial charge in [-0.1, -0.05) is 0 Å². The van der Waals surface area contributed by atoms with Gasteiger partial charge in [-0.2, -0.15) is 0 Å². The van der Waals surface area contributed by atoms with Gasteiger partial charge < -0.3 is 14.9 Å². The van der Waals surface area contributed by atoms with Crippen molar-refractivity contribution >= 4 is 0 Å². The van der Waals surface area contributed by atoms with Crippen molar-refractivity contribution in [1.29, 1.82) is 0 Å². The maximum absolute atomic E-state index is 4.31. The predicted octanol–water partition coefficient (Wildman–Crippen LogP) is 1.32. The van der Waals surface area contributed by atoms with Gasteiger partial charge in [-0.15, -0.1) is 0 Å². The van der Waals surface area contributed by atoms with Gasteiger partial charge in [0.2, 0.25) is 0 Å². The minimum Gasteiger partial charge on any atom is -0.349 e. The molecule has 1 aliphatic heterocycles. The summed E-state index contributed by atoms with van der Waals surface area (Å²) in [4.78, 5) is 11.7. The molecule has 0 amide bonds. The minimum atomic E-state index is 0.658. The molecule has 0 aliphatic carbocycles. The smallest absolute Gasteiger partial charge is 0.107 e. The van der Waals surface area contributed by atoms with E-state index in [9.17, 15) is 0 Å². The summed E-state index contributed by atoms with van der Waals surface area (Å²) in [5.41, 5.74) is 1.38. The number of aromatic amines is 1. The molecule has 2 N–H and O–H groups in total. The lowest BCUT2D eigenvalue weighted by Gasteiger charge is -2.23. The van der Waals surface area contributed by atoms with Crippen molar-refractivity contribution < 1.29 is 0 Å². The average molecular weight is 245 g/mol. The molecule has 1 aliphatic rings. The highest BCUT2D eigenvalue weighted by atomic mass is 15.1. The second-order valence-electron chi connectivity index (χ2n) is 4.82. The topological polar surface area (TPSA) is 58.5 Å². The second-order valence-corrected chi connectivity index (χ2v) is 4.82. The number of rotatable bonds is 4. The fourth-order valence-corrected chi connectivity index (χ4v) is 2.64. The number of hydrogen-bond donors (Lipinski definition) is 2. The van der Waals surface area contributed by atoms with Gasteiger partial charge in [0.25, 0.3) is 0 Å². The lowest BCUT2D eigenvalue weighted by atomic mass is 9.95. The quantitative estimate of drug-likeness (QED) is 0.854. The Labute approximate surface area is 107 Å². The van der Waals surface area contributed by atoms with Crippen LogP contribution in [0.1, 0.15) is 30.3 Å². The van der Waals surface area contributed by atoms with E-state index >= 15 is 0 Å². The van der Waals surface area contributed by atoms with Crippen molar-refractivity contribution in [2.75, 3.05) is 13.1 Å². The number of aromatic nitrogens is 4. The molecule has 3 rings (SSSR count). The van der Waals surface area contributed by atoms with Gasteiger partial charge in [0, 0.05) is 43.2 Å². The Morgan fingerprint density at radius 3 is 3.00 bits per heavy atom. The number of hydrogen-bond acceptors (Lipinski definition) is 3. The summed E-state index contributed by atoms with van der Waals surface area (Å²) < 4.78 is 2.28. The molecular weight excluding hydrogens is 226 g/mol. The molecule has 0 unspecified atom stereocenters. The molecule has 0 aromatic carbocycles. The summed E-state index contributed by atoms with van der Waals surface area (Å²) in [7, 11) is 0. The van der Waals surface area contributed by atoms with Gasteiger partial charge in [-0.25, -0.2) is 9.97 Å². The summed E-state index contributed by atoms with van der Waals surface area (Å²) in [5, 5.41) is 3.41. The Bertz CT molecular complexity index is 467. The van der Waals surface area contributed by atoms with Crippen LogP contribution in [-0.4, -0.2) is 32.6 Å². The number of nitrogens with zero attached hydrogens (tertiary/aromatic N) is 3. The molecule has 0 spiro atoms. The van der Waals surface area contributed by atoms with E-state index in [2.05, 4.69) is 24.8 Å². The van der Waals surface area contributed by atoms with Crippen LogP contribution >= 0.6 is 0 Å². The molecule has 18 heavy (non-hydrogen) atoms. The Kier molecular flexibility index (Phi) is 3.41. The Morgan fingerprint density at radius 2 is 2.22 bits per heavy atom. The lowest BCUT2D eigenvalue weighted by Crippen LogP contribution is -2.27. The van der Waals surface area contributed by atoms with Crippen LogP contribution < -0.4 is 5.32 Å². The van der Waals surface area contributed by atoms with Crippen LogP contribution in [0.3, 0.4) is 0 Å². The van der Waals surface area contributed by atoms with E-state index in [-0.39, 0.29) is 0 Å². The van der Waals surface area contributed by atoms with Crippen LogP contribution in [-0.2, 0) is 13.0 Å². The Hall–Kier alpha value is -1.62. The average Bonchev–Trinajstić information content (AvgIpc) is 3.09. The molecule has 5 heteroatoms. The van der Waals surface area contributed by atoms with E-state index in [1.807, 2.05) is 18.7 Å². The van der Waals surface area contributed by atoms with Crippen molar-refractivity contribution in [3.05, 3.63) is 36.4 Å². The molecule has 2 aromatic rings. The Balaban J connectivity index is 1.67. The Morgan fingerprint density at radius 1 is 1.33 bits per heavy atom. The van der Waals surface area contributed by atoms with E-state index in [1.165, 1.54) is 18.5 Å². The van der Waals surface area contributed by atoms with Crippen LogP contribution in [0.5, 0.6) is 0 Å². The van der Waals surface area contributed by atoms with Crippen molar-refractivity contribution in [1.82, 2.24) is 24.8 Å². The minimum absolute atomic E-state index is 0.658. The van der Waals surface area contributed by atoms with Crippen LogP contribution in [0, 0.1) is 0 Å². The third-order valence-electron chi connectivity index (χ3n) is 3.65. The maximum atomic E-state index is 4.31. The second kappa shape index (κ2) is 5.35. The zero-order chi connectivity index (χ0) is 12.2. The highest BCUT2D eigenvalue weighted by Gasteiger charge is 2.18. The maximum Gasteiger partial charge on any atom is 0.107 e. The van der Waals surface area contributed by atoms with Gasteiger partial charge in [-0.05, 0) is 25.9 Å². The first kappa shape index (κ1) is 11.5. The van der Waals surface area contributed by atoms with Crippen LogP contribution in [0.25, 0.3) is 0 Å². The molecule has 3 heterocycles. The van der Waals surface area contributed by atoms with Crippen molar-refractivity contribution in [2.45, 2.75) is 31.7 Å². The van der Waals surface area contributed by atoms with E-state index < -0.39 is 0 Å². The summed E-state index contributed by atoms with van der Waals surface area (Å²) in [5.74, 6) is 1.70. The number of aryl methyl sites for hydroxylation is 2. The van der Waals surface area contributed by atoms with Crippen LogP contribution in [0.2, 0.25) is 0 Å². The van der Waals surface area contributed by atoms with Gasteiger partial charge >= 0.3 is 0 Å². The van der Waals surface area contributed by atoms with Crippen molar-refractivity contribution in [2.24, 2.45) is 0 Å². The fourth-order valence-electron chi connectivity index (χ4n) is 2.64. The number of piperidine rings is 1. The highest BCUT2D eigenvalue weighted by molar-refractivity contribution is 5.08. The third-order valence-corrected chi connectivity index (χ3v) is 3.65. The number of imidazole rings is 2. The van der Waals surface area contributed by atoms with Crippen LogP contribution in [0.15, 0.2) is 24.9 Å². The molecule has 0 radical (unpaired) electrons. The van der Waals surface area contributed by atoms with E-state index in [1.54, 1.807) is 6.20 Å². The predicted molar refractivity (Wildman–Crippen MR) is 69.4 cm³/mol. The zero-order valence-corrected chi connectivity index (χ0v) is 10.5. The van der Waals surface area contributed by atoms with Gasteiger partial charge in [0.1, 0.15) is 5.82 Å². The molecule has 0 atom stereocenters. The van der Waals surface area contributed by atoms with E-state index in [0.29, 0.717) is 5.92 Å². The summed E-state index contributed by atoms with van der Waals surface area (Å²) in [6.07, 6.45) is 11.0. The lowest BCUT2D eigenvalue weighted by molar-refractivity contribution is 0.438. The summed E-state index contributed by atoms with van der Waals surface area (Å²) in [6.45, 7) is 3.19. The SMILES string of the molecule is c1c[nH]c(CCn2cncc2C2CCNCC2)n1. The molecule has 96 valence electrons. The number of nitrogens with one attached hydrogen (secondary N) is 2. The highest BCUT2D eigenvalue weighted by Crippen LogP contribution is 2.24. The molecule has 0 saturated carbocycles. The fraction of sp³-hybridized carbons (Fsp3) is 0.538. The largest absolute Gasteiger partial charge is 0.349 e. The summed E-state index contributed by atoms with van der Waals surface area (Å²) >= 11 is 0. The molecule has 1 saturated heterocycles. The standard InChI is InChI=1S/C13H19N5/c1-4-14-5-2-11(1)12-9-15-10-18(12)8-3-13-16-6-7-17-13/h6-7,9-11,14H,1-5,8H2,(H,16,17). The van der Waals surface area contributed by atoms with Gasteiger partial charge in [-0.3, -0.25) is 0 Å². The first-order chi connectivity index (χ1) is 8.93. The van der Waals surface area contributed by atoms with Crippen molar-refractivity contribution in [3.8, 4) is 0 Å². The molecule has 0 bridgehead atoms. The zero-order valence-electron chi connectivity index (χ0n) is 10.5. The van der Waals surface area contributed by atoms with Crippen LogP contribution in [0.4, 0.5) is 0 Å².